The highest BCUT2D eigenvalue weighted by Crippen LogP contribution is 2.18. The Labute approximate surface area is 171 Å². The Morgan fingerprint density at radius 2 is 1.52 bits per heavy atom. The van der Waals surface area contributed by atoms with E-state index in [0.29, 0.717) is 17.7 Å². The van der Waals surface area contributed by atoms with E-state index in [1.165, 1.54) is 12.8 Å². The van der Waals surface area contributed by atoms with Gasteiger partial charge in [0, 0.05) is 11.1 Å². The lowest BCUT2D eigenvalue weighted by Gasteiger charge is -2.10. The third-order valence-corrected chi connectivity index (χ3v) is 4.71. The van der Waals surface area contributed by atoms with Gasteiger partial charge in [0.15, 0.2) is 0 Å². The molecule has 2 amide bonds. The zero-order valence-corrected chi connectivity index (χ0v) is 16.6. The molecule has 0 heterocycles. The van der Waals surface area contributed by atoms with Crippen molar-refractivity contribution in [3.05, 3.63) is 77.9 Å². The molecule has 0 aliphatic carbocycles. The lowest BCUT2D eigenvalue weighted by atomic mass is 10.0. The normalized spacial score (nSPS) is 10.5. The molecule has 0 unspecified atom stereocenters. The molecule has 29 heavy (non-hydrogen) atoms. The first kappa shape index (κ1) is 20.4. The quantitative estimate of drug-likeness (QED) is 0.426. The second kappa shape index (κ2) is 10.3. The third kappa shape index (κ3) is 5.57. The van der Waals surface area contributed by atoms with Gasteiger partial charge in [-0.25, -0.2) is 0 Å². The summed E-state index contributed by atoms with van der Waals surface area (Å²) in [7, 11) is 0. The highest BCUT2D eigenvalue weighted by Gasteiger charge is 2.11. The minimum atomic E-state index is -0.381. The molecule has 0 saturated carbocycles. The number of hydrazine groups is 1. The molecule has 0 saturated heterocycles. The van der Waals surface area contributed by atoms with Crippen LogP contribution in [-0.4, -0.2) is 18.4 Å². The number of hydrogen-bond donors (Lipinski definition) is 2. The summed E-state index contributed by atoms with van der Waals surface area (Å²) in [5.74, 6) is -0.00638. The van der Waals surface area contributed by atoms with E-state index in [2.05, 4.69) is 17.8 Å². The van der Waals surface area contributed by atoms with E-state index in [0.717, 1.165) is 29.4 Å². The van der Waals surface area contributed by atoms with Crippen LogP contribution >= 0.6 is 0 Å². The van der Waals surface area contributed by atoms with Crippen molar-refractivity contribution in [3.63, 3.8) is 0 Å². The fourth-order valence-corrected chi connectivity index (χ4v) is 3.10. The maximum atomic E-state index is 12.5. The maximum Gasteiger partial charge on any atom is 0.270 e. The van der Waals surface area contributed by atoms with Gasteiger partial charge in [-0.05, 0) is 47.5 Å². The summed E-state index contributed by atoms with van der Waals surface area (Å²) in [6.07, 6.45) is 4.59. The average molecular weight is 390 g/mol. The summed E-state index contributed by atoms with van der Waals surface area (Å²) in [5, 5.41) is 1.80. The van der Waals surface area contributed by atoms with Gasteiger partial charge in [0.05, 0.1) is 6.61 Å². The standard InChI is InChI=1S/C24H26N2O3/c1-2-3-4-7-17-29-20-15-13-19(14-16-20)23(27)25-26-24(28)22-12-8-10-18-9-5-6-11-21(18)22/h5-6,8-16H,2-4,7,17H2,1H3,(H,25,27)(H,26,28). The molecule has 3 aromatic carbocycles. The van der Waals surface area contributed by atoms with E-state index in [1.807, 2.05) is 36.4 Å². The van der Waals surface area contributed by atoms with Crippen molar-refractivity contribution in [3.8, 4) is 5.75 Å². The zero-order chi connectivity index (χ0) is 20.5. The van der Waals surface area contributed by atoms with Gasteiger partial charge in [0.2, 0.25) is 0 Å². The summed E-state index contributed by atoms with van der Waals surface area (Å²) in [6.45, 7) is 2.85. The summed E-state index contributed by atoms with van der Waals surface area (Å²) in [6, 6.07) is 20.0. The number of nitrogens with one attached hydrogen (secondary N) is 2. The van der Waals surface area contributed by atoms with Crippen LogP contribution in [0.15, 0.2) is 66.7 Å². The van der Waals surface area contributed by atoms with Crippen LogP contribution < -0.4 is 15.6 Å². The van der Waals surface area contributed by atoms with Crippen molar-refractivity contribution in [2.45, 2.75) is 32.6 Å². The summed E-state index contributed by atoms with van der Waals surface area (Å²) < 4.78 is 5.68. The highest BCUT2D eigenvalue weighted by atomic mass is 16.5. The number of carbonyl (C=O) groups excluding carboxylic acids is 2. The van der Waals surface area contributed by atoms with E-state index in [9.17, 15) is 9.59 Å². The van der Waals surface area contributed by atoms with Crippen molar-refractivity contribution in [2.75, 3.05) is 6.61 Å². The van der Waals surface area contributed by atoms with Crippen LogP contribution in [-0.2, 0) is 0 Å². The number of fused-ring (bicyclic) bond motifs is 1. The number of ether oxygens (including phenoxy) is 1. The van der Waals surface area contributed by atoms with Gasteiger partial charge < -0.3 is 4.74 Å². The molecule has 0 spiro atoms. The van der Waals surface area contributed by atoms with E-state index in [4.69, 9.17) is 4.74 Å². The Morgan fingerprint density at radius 3 is 2.31 bits per heavy atom. The van der Waals surface area contributed by atoms with Gasteiger partial charge in [0.1, 0.15) is 5.75 Å². The number of hydrogen-bond acceptors (Lipinski definition) is 3. The molecular formula is C24H26N2O3. The molecule has 3 rings (SSSR count). The number of unbranched alkanes of at least 4 members (excludes halogenated alkanes) is 3. The van der Waals surface area contributed by atoms with Crippen LogP contribution in [0.3, 0.4) is 0 Å². The molecule has 150 valence electrons. The number of benzene rings is 3. The molecule has 0 aliphatic heterocycles. The fraction of sp³-hybridized carbons (Fsp3) is 0.250. The molecule has 0 aromatic heterocycles. The monoisotopic (exact) mass is 390 g/mol. The molecule has 0 fully saturated rings. The van der Waals surface area contributed by atoms with Gasteiger partial charge >= 0.3 is 0 Å². The molecular weight excluding hydrogens is 364 g/mol. The van der Waals surface area contributed by atoms with E-state index in [-0.39, 0.29) is 11.8 Å². The van der Waals surface area contributed by atoms with Crippen LogP contribution in [0.25, 0.3) is 10.8 Å². The van der Waals surface area contributed by atoms with Gasteiger partial charge in [-0.15, -0.1) is 0 Å². The van der Waals surface area contributed by atoms with Crippen LogP contribution in [0.2, 0.25) is 0 Å². The smallest absolute Gasteiger partial charge is 0.270 e. The van der Waals surface area contributed by atoms with Crippen LogP contribution in [0, 0.1) is 0 Å². The molecule has 0 atom stereocenters. The van der Waals surface area contributed by atoms with Crippen LogP contribution in [0.5, 0.6) is 5.75 Å². The van der Waals surface area contributed by atoms with Gasteiger partial charge in [0.25, 0.3) is 11.8 Å². The predicted molar refractivity (Wildman–Crippen MR) is 115 cm³/mol. The second-order valence-corrected chi connectivity index (χ2v) is 6.87. The van der Waals surface area contributed by atoms with Crippen molar-refractivity contribution in [1.29, 1.82) is 0 Å². The Hall–Kier alpha value is -3.34. The minimum absolute atomic E-state index is 0.359. The van der Waals surface area contributed by atoms with Crippen molar-refractivity contribution in [2.24, 2.45) is 0 Å². The lowest BCUT2D eigenvalue weighted by Crippen LogP contribution is -2.41. The van der Waals surface area contributed by atoms with Gasteiger partial charge in [-0.2, -0.15) is 0 Å². The summed E-state index contributed by atoms with van der Waals surface area (Å²) in [5.41, 5.74) is 5.91. The molecule has 0 bridgehead atoms. The van der Waals surface area contributed by atoms with Crippen molar-refractivity contribution < 1.29 is 14.3 Å². The molecule has 3 aromatic rings. The Bertz CT molecular complexity index is 962. The third-order valence-electron chi connectivity index (χ3n) is 4.71. The lowest BCUT2D eigenvalue weighted by molar-refractivity contribution is 0.0847. The largest absolute Gasteiger partial charge is 0.494 e. The maximum absolute atomic E-state index is 12.5. The van der Waals surface area contributed by atoms with E-state index < -0.39 is 0 Å². The van der Waals surface area contributed by atoms with Crippen molar-refractivity contribution in [1.82, 2.24) is 10.9 Å². The molecule has 5 heteroatoms. The highest BCUT2D eigenvalue weighted by molar-refractivity contribution is 6.08. The Kier molecular flexibility index (Phi) is 7.22. The average Bonchev–Trinajstić information content (AvgIpc) is 2.77. The first-order valence-corrected chi connectivity index (χ1v) is 10.0. The minimum Gasteiger partial charge on any atom is -0.494 e. The zero-order valence-electron chi connectivity index (χ0n) is 16.6. The fourth-order valence-electron chi connectivity index (χ4n) is 3.10. The predicted octanol–water partition coefficient (Wildman–Crippen LogP) is 4.87. The molecule has 5 nitrogen and oxygen atoms in total. The van der Waals surface area contributed by atoms with E-state index >= 15 is 0 Å². The number of carbonyl (C=O) groups is 2. The first-order valence-electron chi connectivity index (χ1n) is 10.0. The van der Waals surface area contributed by atoms with Crippen LogP contribution in [0.1, 0.15) is 53.3 Å². The molecule has 2 N–H and O–H groups in total. The molecule has 0 radical (unpaired) electrons. The van der Waals surface area contributed by atoms with Gasteiger partial charge in [-0.3, -0.25) is 20.4 Å². The number of rotatable bonds is 8. The second-order valence-electron chi connectivity index (χ2n) is 6.87. The molecule has 0 aliphatic rings. The summed E-state index contributed by atoms with van der Waals surface area (Å²) in [4.78, 5) is 24.8. The van der Waals surface area contributed by atoms with Crippen LogP contribution in [0.4, 0.5) is 0 Å². The SMILES string of the molecule is CCCCCCOc1ccc(C(=O)NNC(=O)c2cccc3ccccc23)cc1. The number of amides is 2. The summed E-state index contributed by atoms with van der Waals surface area (Å²) >= 11 is 0. The Morgan fingerprint density at radius 1 is 0.793 bits per heavy atom. The van der Waals surface area contributed by atoms with Crippen molar-refractivity contribution >= 4 is 22.6 Å². The van der Waals surface area contributed by atoms with E-state index in [1.54, 1.807) is 30.3 Å². The Balaban J connectivity index is 1.53. The first-order chi connectivity index (χ1) is 14.2. The van der Waals surface area contributed by atoms with Gasteiger partial charge in [-0.1, -0.05) is 62.6 Å². The topological polar surface area (TPSA) is 67.4 Å².